The fourth-order valence-electron chi connectivity index (χ4n) is 4.52. The van der Waals surface area contributed by atoms with Gasteiger partial charge in [0.25, 0.3) is 11.8 Å². The number of hydrogen-bond donors (Lipinski definition) is 5. The second-order valence-corrected chi connectivity index (χ2v) is 10.4. The highest BCUT2D eigenvalue weighted by Crippen LogP contribution is 2.39. The molecule has 6 N–H and O–H groups in total. The molecular weight excluding hydrogens is 600 g/mol. The normalized spacial score (nSPS) is 18.6. The number of halogens is 1. The van der Waals surface area contributed by atoms with Gasteiger partial charge in [-0.15, -0.1) is 0 Å². The van der Waals surface area contributed by atoms with E-state index < -0.39 is 41.0 Å². The first-order valence-corrected chi connectivity index (χ1v) is 13.7. The van der Waals surface area contributed by atoms with Crippen LogP contribution in [-0.2, 0) is 19.1 Å². The Morgan fingerprint density at radius 3 is 2.29 bits per heavy atom. The van der Waals surface area contributed by atoms with Crippen LogP contribution in [0.4, 0.5) is 5.69 Å². The molecular formula is C27H29BrN6O7. The summed E-state index contributed by atoms with van der Waals surface area (Å²) in [5, 5.41) is 26.4. The number of carbonyl (C=O) groups is 4. The zero-order valence-corrected chi connectivity index (χ0v) is 23.6. The Hall–Kier alpha value is -4.30. The number of carboxylic acid groups (broad SMARTS) is 1. The molecule has 2 aliphatic heterocycles. The zero-order valence-electron chi connectivity index (χ0n) is 22.0. The number of fused-ring (bicyclic) bond motifs is 1. The second kappa shape index (κ2) is 12.9. The van der Waals surface area contributed by atoms with E-state index in [9.17, 15) is 24.3 Å². The van der Waals surface area contributed by atoms with Gasteiger partial charge in [-0.2, -0.15) is 0 Å². The Labute approximate surface area is 243 Å². The van der Waals surface area contributed by atoms with Crippen LogP contribution in [0.25, 0.3) is 0 Å². The number of carboxylic acids is 1. The standard InChI is InChI=1S/C27H29BrN6O7/c1-14(30-23(35)16-8-6-15(7-9-16)22(29)33-40)26(37)34-12-10-17(11-13-34)41-25(27(38)39)32-24(36)21-20(28)18-4-2-3-5-19(18)31-21/h2-9,14,17,20,25,40H,10-13H2,1H3,(H2,29,33)(H,30,35)(H,32,36)(H,38,39). The number of hydrogen-bond acceptors (Lipinski definition) is 8. The van der Waals surface area contributed by atoms with Crippen LogP contribution >= 0.6 is 15.9 Å². The number of carbonyl (C=O) groups excluding carboxylic acids is 3. The van der Waals surface area contributed by atoms with Crippen molar-refractivity contribution in [2.75, 3.05) is 13.1 Å². The molecule has 216 valence electrons. The number of oxime groups is 1. The number of alkyl halides is 1. The number of nitrogens with one attached hydrogen (secondary N) is 2. The smallest absolute Gasteiger partial charge is 0.354 e. The molecule has 0 bridgehead atoms. The molecule has 0 radical (unpaired) electrons. The first-order valence-electron chi connectivity index (χ1n) is 12.8. The molecule has 0 aliphatic carbocycles. The summed E-state index contributed by atoms with van der Waals surface area (Å²) >= 11 is 3.44. The van der Waals surface area contributed by atoms with Crippen molar-refractivity contribution in [3.8, 4) is 0 Å². The number of rotatable bonds is 9. The molecule has 3 atom stereocenters. The van der Waals surface area contributed by atoms with Crippen molar-refractivity contribution in [3.63, 3.8) is 0 Å². The lowest BCUT2D eigenvalue weighted by Crippen LogP contribution is -2.52. The Kier molecular flexibility index (Phi) is 9.35. The van der Waals surface area contributed by atoms with Crippen LogP contribution in [0.15, 0.2) is 58.7 Å². The third kappa shape index (κ3) is 6.89. The van der Waals surface area contributed by atoms with Gasteiger partial charge in [0.2, 0.25) is 12.1 Å². The Bertz CT molecular complexity index is 1390. The molecule has 2 aromatic carbocycles. The van der Waals surface area contributed by atoms with Crippen molar-refractivity contribution in [2.45, 2.75) is 43.0 Å². The summed E-state index contributed by atoms with van der Waals surface area (Å²) in [6.07, 6.45) is -1.42. The van der Waals surface area contributed by atoms with Gasteiger partial charge in [0, 0.05) is 24.2 Å². The van der Waals surface area contributed by atoms with E-state index in [2.05, 4.69) is 36.7 Å². The zero-order chi connectivity index (χ0) is 29.7. The van der Waals surface area contributed by atoms with Gasteiger partial charge >= 0.3 is 5.97 Å². The fraction of sp³-hybridized carbons (Fsp3) is 0.333. The van der Waals surface area contributed by atoms with E-state index in [0.29, 0.717) is 29.7 Å². The number of aliphatic imine (C=N–C) groups is 1. The van der Waals surface area contributed by atoms with Crippen molar-refractivity contribution in [2.24, 2.45) is 15.9 Å². The third-order valence-electron chi connectivity index (χ3n) is 6.76. The summed E-state index contributed by atoms with van der Waals surface area (Å²) in [6.45, 7) is 2.14. The number of amidine groups is 1. The molecule has 2 aliphatic rings. The van der Waals surface area contributed by atoms with Crippen molar-refractivity contribution in [1.29, 1.82) is 0 Å². The molecule has 2 aromatic rings. The molecule has 0 aromatic heterocycles. The average Bonchev–Trinajstić information content (AvgIpc) is 3.32. The summed E-state index contributed by atoms with van der Waals surface area (Å²) in [4.78, 5) is 55.6. The average molecular weight is 629 g/mol. The maximum atomic E-state index is 12.9. The molecule has 2 heterocycles. The summed E-state index contributed by atoms with van der Waals surface area (Å²) in [5.41, 5.74) is 7.84. The fourth-order valence-corrected chi connectivity index (χ4v) is 5.22. The number of para-hydroxylation sites is 1. The molecule has 0 saturated carbocycles. The lowest BCUT2D eigenvalue weighted by molar-refractivity contribution is -0.162. The maximum absolute atomic E-state index is 12.9. The largest absolute Gasteiger partial charge is 0.478 e. The molecule has 13 nitrogen and oxygen atoms in total. The van der Waals surface area contributed by atoms with Gasteiger partial charge in [-0.3, -0.25) is 14.4 Å². The SMILES string of the molecule is CC(NC(=O)c1ccc(/C(N)=N/O)cc1)C(=O)N1CCC(OC(NC(=O)C2=Nc3ccccc3C2Br)C(=O)O)CC1. The van der Waals surface area contributed by atoms with Crippen molar-refractivity contribution >= 4 is 56.9 Å². The first kappa shape index (κ1) is 29.7. The Balaban J connectivity index is 1.27. The summed E-state index contributed by atoms with van der Waals surface area (Å²) in [6, 6.07) is 12.4. The van der Waals surface area contributed by atoms with Crippen LogP contribution < -0.4 is 16.4 Å². The lowest BCUT2D eigenvalue weighted by atomic mass is 10.1. The molecule has 4 rings (SSSR count). The lowest BCUT2D eigenvalue weighted by Gasteiger charge is -2.34. The number of piperidine rings is 1. The molecule has 41 heavy (non-hydrogen) atoms. The van der Waals surface area contributed by atoms with Gasteiger partial charge in [-0.05, 0) is 43.5 Å². The molecule has 14 heteroatoms. The second-order valence-electron chi connectivity index (χ2n) is 9.53. The topological polar surface area (TPSA) is 196 Å². The van der Waals surface area contributed by atoms with Gasteiger partial charge in [-0.25, -0.2) is 9.79 Å². The number of likely N-dealkylation sites (tertiary alicyclic amines) is 1. The highest BCUT2D eigenvalue weighted by Gasteiger charge is 2.34. The van der Waals surface area contributed by atoms with Gasteiger partial charge in [-0.1, -0.05) is 51.4 Å². The van der Waals surface area contributed by atoms with Crippen molar-refractivity contribution < 1.29 is 34.2 Å². The summed E-state index contributed by atoms with van der Waals surface area (Å²) in [7, 11) is 0. The van der Waals surface area contributed by atoms with E-state index in [1.54, 1.807) is 24.0 Å². The quantitative estimate of drug-likeness (QED) is 0.0690. The number of amides is 3. The first-order chi connectivity index (χ1) is 19.6. The Morgan fingerprint density at radius 1 is 1.05 bits per heavy atom. The summed E-state index contributed by atoms with van der Waals surface area (Å²) < 4.78 is 5.70. The minimum Gasteiger partial charge on any atom is -0.478 e. The highest BCUT2D eigenvalue weighted by molar-refractivity contribution is 9.09. The van der Waals surface area contributed by atoms with Crippen LogP contribution in [0, 0.1) is 0 Å². The Morgan fingerprint density at radius 2 is 1.68 bits per heavy atom. The molecule has 3 amide bonds. The van der Waals surface area contributed by atoms with Gasteiger partial charge in [0.1, 0.15) is 11.8 Å². The maximum Gasteiger partial charge on any atom is 0.354 e. The van der Waals surface area contributed by atoms with E-state index in [4.69, 9.17) is 15.7 Å². The number of aliphatic carboxylic acids is 1. The molecule has 1 saturated heterocycles. The third-order valence-corrected chi connectivity index (χ3v) is 7.69. The van der Waals surface area contributed by atoms with E-state index in [-0.39, 0.29) is 30.5 Å². The van der Waals surface area contributed by atoms with Crippen LogP contribution in [0.1, 0.15) is 46.1 Å². The number of nitrogens with zero attached hydrogens (tertiary/aromatic N) is 3. The summed E-state index contributed by atoms with van der Waals surface area (Å²) in [5.74, 6) is -2.86. The van der Waals surface area contributed by atoms with E-state index in [0.717, 1.165) is 5.56 Å². The predicted octanol–water partition coefficient (Wildman–Crippen LogP) is 1.66. The van der Waals surface area contributed by atoms with Crippen molar-refractivity contribution in [3.05, 3.63) is 65.2 Å². The van der Waals surface area contributed by atoms with Gasteiger partial charge < -0.3 is 36.3 Å². The van der Waals surface area contributed by atoms with Crippen LogP contribution in [0.2, 0.25) is 0 Å². The minimum atomic E-state index is -1.59. The highest BCUT2D eigenvalue weighted by atomic mass is 79.9. The van der Waals surface area contributed by atoms with E-state index >= 15 is 0 Å². The van der Waals surface area contributed by atoms with E-state index in [1.165, 1.54) is 24.3 Å². The predicted molar refractivity (Wildman–Crippen MR) is 151 cm³/mol. The molecule has 0 spiro atoms. The van der Waals surface area contributed by atoms with Gasteiger partial charge in [0.15, 0.2) is 5.84 Å². The molecule has 1 fully saturated rings. The minimum absolute atomic E-state index is 0.0910. The van der Waals surface area contributed by atoms with Crippen LogP contribution in [-0.4, -0.2) is 81.9 Å². The number of nitrogens with two attached hydrogens (primary N) is 1. The van der Waals surface area contributed by atoms with Crippen LogP contribution in [0.5, 0.6) is 0 Å². The van der Waals surface area contributed by atoms with E-state index in [1.807, 2.05) is 12.1 Å². The monoisotopic (exact) mass is 628 g/mol. The van der Waals surface area contributed by atoms with Crippen LogP contribution in [0.3, 0.4) is 0 Å². The number of ether oxygens (including phenoxy) is 1. The molecule has 3 unspecified atom stereocenters. The number of benzene rings is 2. The van der Waals surface area contributed by atoms with Crippen molar-refractivity contribution in [1.82, 2.24) is 15.5 Å². The van der Waals surface area contributed by atoms with Gasteiger partial charge in [0.05, 0.1) is 16.6 Å².